The number of carbonyl (C=O) groups is 5. The second kappa shape index (κ2) is 24.3. The second-order valence-electron chi connectivity index (χ2n) is 18.7. The van der Waals surface area contributed by atoms with E-state index in [2.05, 4.69) is 71.3 Å². The number of likely N-dealkylation sites (tertiary alicyclic amines) is 1. The number of ether oxygens (including phenoxy) is 2. The number of hydrogen-bond acceptors (Lipinski definition) is 12. The van der Waals surface area contributed by atoms with Crippen molar-refractivity contribution in [3.63, 3.8) is 0 Å². The molecule has 6 heterocycles. The van der Waals surface area contributed by atoms with Gasteiger partial charge in [-0.05, 0) is 88.7 Å². The van der Waals surface area contributed by atoms with Crippen LogP contribution in [-0.4, -0.2) is 125 Å². The van der Waals surface area contributed by atoms with Crippen molar-refractivity contribution in [1.82, 2.24) is 40.1 Å². The first-order valence-electron chi connectivity index (χ1n) is 24.2. The number of carbonyl (C=O) groups excluding carboxylic acids is 5. The van der Waals surface area contributed by atoms with Crippen LogP contribution in [0.4, 0.5) is 0 Å². The number of methoxy groups -OCH3 is 1. The van der Waals surface area contributed by atoms with Crippen molar-refractivity contribution in [2.45, 2.75) is 125 Å². The first-order chi connectivity index (χ1) is 32.6. The van der Waals surface area contributed by atoms with E-state index in [9.17, 15) is 19.2 Å². The van der Waals surface area contributed by atoms with Crippen LogP contribution < -0.4 is 10.7 Å². The minimum Gasteiger partial charge on any atom is -0.464 e. The number of esters is 1. The molecule has 6 bridgehead atoms. The van der Waals surface area contributed by atoms with Gasteiger partial charge in [-0.15, -0.1) is 11.3 Å². The molecule has 16 heteroatoms. The predicted octanol–water partition coefficient (Wildman–Crippen LogP) is 7.42. The first kappa shape index (κ1) is 53.7. The van der Waals surface area contributed by atoms with Gasteiger partial charge < -0.3 is 29.1 Å². The molecule has 7 rings (SSSR count). The molecule has 0 aliphatic carbocycles. The summed E-state index contributed by atoms with van der Waals surface area (Å²) < 4.78 is 14.3. The number of rotatable bonds is 11. The summed E-state index contributed by atoms with van der Waals surface area (Å²) in [4.78, 5) is 78.6. The summed E-state index contributed by atoms with van der Waals surface area (Å²) >= 11 is 1.44. The van der Waals surface area contributed by atoms with E-state index >= 15 is 0 Å². The van der Waals surface area contributed by atoms with E-state index in [1.807, 2.05) is 65.9 Å². The Hall–Kier alpha value is -5.29. The molecule has 0 saturated carbocycles. The highest BCUT2D eigenvalue weighted by Crippen LogP contribution is 2.42. The molecule has 3 aliphatic heterocycles. The minimum absolute atomic E-state index is 0.0772. The molecular weight excluding hydrogens is 881 g/mol. The van der Waals surface area contributed by atoms with Crippen LogP contribution in [0.2, 0.25) is 0 Å². The number of amides is 3. The van der Waals surface area contributed by atoms with Crippen LogP contribution in [0.1, 0.15) is 104 Å². The van der Waals surface area contributed by atoms with Crippen molar-refractivity contribution in [2.75, 3.05) is 46.9 Å². The van der Waals surface area contributed by atoms with Crippen LogP contribution in [0.15, 0.2) is 54.1 Å². The molecule has 3 amide bonds. The fraction of sp³-hybridized carbons (Fsp3) is 0.558. The van der Waals surface area contributed by atoms with E-state index < -0.39 is 35.4 Å². The van der Waals surface area contributed by atoms with Gasteiger partial charge in [-0.3, -0.25) is 34.1 Å². The number of nitrogens with zero attached hydrogens (tertiary/aromatic N) is 6. The molecule has 5 atom stereocenters. The molecule has 2 fully saturated rings. The number of benzene rings is 1. The second-order valence-corrected chi connectivity index (χ2v) is 19.7. The predicted molar refractivity (Wildman–Crippen MR) is 269 cm³/mol. The summed E-state index contributed by atoms with van der Waals surface area (Å²) in [6.07, 6.45) is 8.14. The maximum absolute atomic E-state index is 14.6. The lowest BCUT2D eigenvalue weighted by Crippen LogP contribution is -2.62. The Bertz CT molecular complexity index is 2390. The van der Waals surface area contributed by atoms with Gasteiger partial charge in [0.25, 0.3) is 5.91 Å². The third-order valence-corrected chi connectivity index (χ3v) is 13.9. The molecule has 0 radical (unpaired) electrons. The molecular formula is C52H74N8O7S. The summed E-state index contributed by atoms with van der Waals surface area (Å²) in [7, 11) is 3.39. The zero-order valence-corrected chi connectivity index (χ0v) is 42.9. The topological polar surface area (TPSA) is 168 Å². The van der Waals surface area contributed by atoms with Crippen LogP contribution in [-0.2, 0) is 52.8 Å². The lowest BCUT2D eigenvalue weighted by Gasteiger charge is -2.37. The Morgan fingerprint density at radius 1 is 1.13 bits per heavy atom. The number of aromatic nitrogens is 3. The Morgan fingerprint density at radius 3 is 2.57 bits per heavy atom. The Kier molecular flexibility index (Phi) is 19.2. The summed E-state index contributed by atoms with van der Waals surface area (Å²) in [5, 5.41) is 8.26. The van der Waals surface area contributed by atoms with Crippen molar-refractivity contribution >= 4 is 52.7 Å². The van der Waals surface area contributed by atoms with Gasteiger partial charge in [0.05, 0.1) is 40.7 Å². The number of hydrazine groups is 1. The van der Waals surface area contributed by atoms with E-state index in [1.165, 1.54) is 16.3 Å². The Morgan fingerprint density at radius 2 is 1.88 bits per heavy atom. The largest absolute Gasteiger partial charge is 0.464 e. The highest BCUT2D eigenvalue weighted by atomic mass is 32.1. The third kappa shape index (κ3) is 12.1. The maximum Gasteiger partial charge on any atom is 0.324 e. The van der Waals surface area contributed by atoms with Crippen LogP contribution in [0.3, 0.4) is 0 Å². The van der Waals surface area contributed by atoms with Gasteiger partial charge in [0, 0.05) is 85.8 Å². The molecule has 370 valence electrons. The molecule has 2 N–H and O–H groups in total. The van der Waals surface area contributed by atoms with Crippen molar-refractivity contribution in [3.05, 3.63) is 70.3 Å². The molecule has 3 aromatic heterocycles. The van der Waals surface area contributed by atoms with Crippen LogP contribution in [0.25, 0.3) is 33.4 Å². The number of allylic oxidation sites excluding steroid dienone is 1. The van der Waals surface area contributed by atoms with Crippen molar-refractivity contribution in [3.8, 4) is 22.5 Å². The summed E-state index contributed by atoms with van der Waals surface area (Å²) in [6.45, 7) is 23.6. The molecule has 68 heavy (non-hydrogen) atoms. The fourth-order valence-corrected chi connectivity index (χ4v) is 10.5. The maximum atomic E-state index is 14.6. The number of aryl methyl sites for hydroxylation is 1. The number of cyclic esters (lactones) is 1. The first-order valence-corrected chi connectivity index (χ1v) is 25.0. The van der Waals surface area contributed by atoms with E-state index in [0.717, 1.165) is 64.2 Å². The lowest BCUT2D eigenvalue weighted by molar-refractivity contribution is -0.155. The van der Waals surface area contributed by atoms with Crippen molar-refractivity contribution in [1.29, 1.82) is 0 Å². The van der Waals surface area contributed by atoms with Gasteiger partial charge in [0.15, 0.2) is 0 Å². The number of likely N-dealkylation sites (N-methyl/N-ethyl adjacent to an activating group) is 1. The van der Waals surface area contributed by atoms with Gasteiger partial charge in [0.1, 0.15) is 24.9 Å². The van der Waals surface area contributed by atoms with E-state index in [-0.39, 0.29) is 42.8 Å². The Labute approximate surface area is 407 Å². The van der Waals surface area contributed by atoms with Crippen LogP contribution in [0, 0.1) is 17.3 Å². The standard InChI is InChI=1S/C49H66N8O6S.C2H6.CH2O/c1-10-12-21-55-23-19-33(27-55)46(59)54(8)43(30(3)4)45(58)52-38-25-41-51-39(28-64-41)32-17-18-40-35(24-32)36(44(56(40)11-2)34-15-13-20-50-42(34)31(5)62-9)26-49(6,7)29-63-48(61)37-16-14-22-57(53-37)47(38)60;2*1-2/h10,12-13,15,17-18,20,24,28,30-31,33,37-38,43,53H,11,14,16,19,21-23,25-27,29H2,1-9H3,(H,52,58);1-2H3;1H2/b12-10+;;. The van der Waals surface area contributed by atoms with Gasteiger partial charge in [0.2, 0.25) is 11.8 Å². The SMILES string of the molecule is C/C=C/CN1CCC(C(=O)N(C)C(C(=O)NC2Cc3nc(cs3)-c3ccc4c(c3)c(c(-c3cccnc3C(C)OC)n4CC)CC(C)(C)COC(=O)C3CCCN(N3)C2=O)C(C)C)C1.C=O.CC. The average molecular weight is 955 g/mol. The van der Waals surface area contributed by atoms with Crippen molar-refractivity contribution < 1.29 is 33.4 Å². The van der Waals surface area contributed by atoms with Gasteiger partial charge in [-0.2, -0.15) is 0 Å². The molecule has 5 unspecified atom stereocenters. The van der Waals surface area contributed by atoms with E-state index in [1.54, 1.807) is 25.3 Å². The molecule has 1 aromatic carbocycles. The zero-order chi connectivity index (χ0) is 49.9. The van der Waals surface area contributed by atoms with Crippen LogP contribution >= 0.6 is 11.3 Å². The molecule has 3 aliphatic rings. The highest BCUT2D eigenvalue weighted by molar-refractivity contribution is 7.10. The van der Waals surface area contributed by atoms with Gasteiger partial charge >= 0.3 is 5.97 Å². The lowest BCUT2D eigenvalue weighted by atomic mass is 9.84. The average Bonchev–Trinajstić information content (AvgIpc) is 4.10. The summed E-state index contributed by atoms with van der Waals surface area (Å²) in [5.74, 6) is -1.75. The zero-order valence-electron chi connectivity index (χ0n) is 42.1. The number of fused-ring (bicyclic) bond motifs is 6. The molecule has 2 saturated heterocycles. The molecule has 0 spiro atoms. The summed E-state index contributed by atoms with van der Waals surface area (Å²) in [6, 6.07) is 7.88. The third-order valence-electron chi connectivity index (χ3n) is 13.0. The van der Waals surface area contributed by atoms with Crippen LogP contribution in [0.5, 0.6) is 0 Å². The van der Waals surface area contributed by atoms with Gasteiger partial charge in [-0.1, -0.05) is 59.8 Å². The van der Waals surface area contributed by atoms with E-state index in [0.29, 0.717) is 43.9 Å². The van der Waals surface area contributed by atoms with Gasteiger partial charge in [-0.25, -0.2) is 10.4 Å². The number of hydrogen-bond donors (Lipinski definition) is 2. The monoisotopic (exact) mass is 955 g/mol. The number of nitrogens with one attached hydrogen (secondary N) is 2. The quantitative estimate of drug-likeness (QED) is 0.113. The molecule has 4 aromatic rings. The minimum atomic E-state index is -1.03. The highest BCUT2D eigenvalue weighted by Gasteiger charge is 2.40. The smallest absolute Gasteiger partial charge is 0.324 e. The fourth-order valence-electron chi connectivity index (χ4n) is 9.63. The Balaban J connectivity index is 0.00000210. The normalized spacial score (nSPS) is 20.7. The number of pyridine rings is 1. The van der Waals surface area contributed by atoms with E-state index in [4.69, 9.17) is 24.2 Å². The van der Waals surface area contributed by atoms with Crippen molar-refractivity contribution in [2.24, 2.45) is 17.3 Å². The number of thiazole rings is 1. The summed E-state index contributed by atoms with van der Waals surface area (Å²) in [5.41, 5.74) is 9.42. The molecule has 15 nitrogen and oxygen atoms in total.